The number of carbonyl (C=O) groups is 2. The van der Waals surface area contributed by atoms with Crippen LogP contribution in [-0.4, -0.2) is 25.0 Å². The maximum Gasteiger partial charge on any atom is 0.262 e. The molecule has 2 amide bonds. The predicted molar refractivity (Wildman–Crippen MR) is 114 cm³/mol. The van der Waals surface area contributed by atoms with Gasteiger partial charge in [-0.25, -0.2) is 0 Å². The summed E-state index contributed by atoms with van der Waals surface area (Å²) in [4.78, 5) is 26.7. The number of para-hydroxylation sites is 1. The maximum atomic E-state index is 12.8. The van der Waals surface area contributed by atoms with Crippen molar-refractivity contribution >= 4 is 34.8 Å². The van der Waals surface area contributed by atoms with Crippen molar-refractivity contribution < 1.29 is 14.3 Å². The minimum absolute atomic E-state index is 0.0443. The van der Waals surface area contributed by atoms with Crippen LogP contribution in [0, 0.1) is 0 Å². The molecule has 0 unspecified atom stereocenters. The number of halogens is 1. The molecule has 0 saturated heterocycles. The lowest BCUT2D eigenvalue weighted by Gasteiger charge is -2.17. The van der Waals surface area contributed by atoms with Crippen LogP contribution in [0.5, 0.6) is 5.75 Å². The Morgan fingerprint density at radius 3 is 2.59 bits per heavy atom. The highest BCUT2D eigenvalue weighted by molar-refractivity contribution is 6.30. The first-order valence-corrected chi connectivity index (χ1v) is 9.66. The first-order valence-electron chi connectivity index (χ1n) is 9.28. The summed E-state index contributed by atoms with van der Waals surface area (Å²) in [6, 6.07) is 21.7. The zero-order chi connectivity index (χ0) is 20.2. The Bertz CT molecular complexity index is 1050. The smallest absolute Gasteiger partial charge is 0.262 e. The molecule has 4 rings (SSSR count). The third kappa shape index (κ3) is 4.41. The summed E-state index contributed by atoms with van der Waals surface area (Å²) in [7, 11) is 0. The summed E-state index contributed by atoms with van der Waals surface area (Å²) in [5.74, 6) is 0.189. The van der Waals surface area contributed by atoms with Crippen LogP contribution in [0.1, 0.15) is 15.9 Å². The minimum atomic E-state index is -0.294. The number of rotatable bonds is 5. The standard InChI is InChI=1S/C23H19ClN2O3/c24-18-5-3-6-20(14-18)29-15-22(27)25-19-10-8-17(9-11-19)23(28)26-13-12-16-4-1-2-7-21(16)26/h1-11,14H,12-13,15H2,(H,25,27). The molecular weight excluding hydrogens is 388 g/mol. The molecule has 29 heavy (non-hydrogen) atoms. The summed E-state index contributed by atoms with van der Waals surface area (Å²) in [5.41, 5.74) is 3.33. The molecule has 3 aromatic carbocycles. The molecule has 5 nitrogen and oxygen atoms in total. The van der Waals surface area contributed by atoms with Crippen molar-refractivity contribution in [1.82, 2.24) is 0 Å². The van der Waals surface area contributed by atoms with E-state index in [1.54, 1.807) is 53.4 Å². The Morgan fingerprint density at radius 1 is 1.00 bits per heavy atom. The normalized spacial score (nSPS) is 12.4. The Morgan fingerprint density at radius 2 is 1.79 bits per heavy atom. The van der Waals surface area contributed by atoms with E-state index in [1.807, 2.05) is 24.3 Å². The number of ether oxygens (including phenoxy) is 1. The summed E-state index contributed by atoms with van der Waals surface area (Å²) in [5, 5.41) is 3.30. The lowest BCUT2D eigenvalue weighted by molar-refractivity contribution is -0.118. The molecule has 146 valence electrons. The number of amides is 2. The number of hydrogen-bond donors (Lipinski definition) is 1. The fourth-order valence-electron chi connectivity index (χ4n) is 3.30. The minimum Gasteiger partial charge on any atom is -0.484 e. The first-order chi connectivity index (χ1) is 14.1. The van der Waals surface area contributed by atoms with Gasteiger partial charge in [-0.05, 0) is 60.5 Å². The summed E-state index contributed by atoms with van der Waals surface area (Å²) in [6.07, 6.45) is 0.864. The zero-order valence-corrected chi connectivity index (χ0v) is 16.4. The molecule has 1 heterocycles. The van der Waals surface area contributed by atoms with Gasteiger partial charge in [-0.15, -0.1) is 0 Å². The molecule has 0 radical (unpaired) electrons. The van der Waals surface area contributed by atoms with E-state index >= 15 is 0 Å². The molecule has 0 aliphatic carbocycles. The van der Waals surface area contributed by atoms with E-state index in [1.165, 1.54) is 5.56 Å². The van der Waals surface area contributed by atoms with E-state index < -0.39 is 0 Å². The van der Waals surface area contributed by atoms with Crippen LogP contribution < -0.4 is 15.0 Å². The highest BCUT2D eigenvalue weighted by Gasteiger charge is 2.24. The lowest BCUT2D eigenvalue weighted by atomic mass is 10.1. The van der Waals surface area contributed by atoms with Crippen LogP contribution in [0.2, 0.25) is 5.02 Å². The van der Waals surface area contributed by atoms with E-state index in [2.05, 4.69) is 5.32 Å². The number of nitrogens with one attached hydrogen (secondary N) is 1. The number of benzene rings is 3. The molecular formula is C23H19ClN2O3. The second-order valence-corrected chi connectivity index (χ2v) is 7.14. The van der Waals surface area contributed by atoms with Crippen molar-refractivity contribution in [3.05, 3.63) is 88.9 Å². The Kier molecular flexibility index (Phi) is 5.49. The van der Waals surface area contributed by atoms with Gasteiger partial charge in [-0.3, -0.25) is 9.59 Å². The van der Waals surface area contributed by atoms with Crippen LogP contribution in [-0.2, 0) is 11.2 Å². The SMILES string of the molecule is O=C(COc1cccc(Cl)c1)Nc1ccc(C(=O)N2CCc3ccccc32)cc1. The third-order valence-electron chi connectivity index (χ3n) is 4.71. The molecule has 0 saturated carbocycles. The van der Waals surface area contributed by atoms with Gasteiger partial charge in [0, 0.05) is 28.5 Å². The summed E-state index contributed by atoms with van der Waals surface area (Å²) >= 11 is 5.89. The predicted octanol–water partition coefficient (Wildman–Crippen LogP) is 4.56. The van der Waals surface area contributed by atoms with Gasteiger partial charge in [-0.1, -0.05) is 35.9 Å². The largest absolute Gasteiger partial charge is 0.484 e. The average molecular weight is 407 g/mol. The molecule has 6 heteroatoms. The number of anilines is 2. The zero-order valence-electron chi connectivity index (χ0n) is 15.6. The average Bonchev–Trinajstić information content (AvgIpc) is 3.17. The number of fused-ring (bicyclic) bond motifs is 1. The van der Waals surface area contributed by atoms with E-state index in [9.17, 15) is 9.59 Å². The van der Waals surface area contributed by atoms with Crippen molar-refractivity contribution in [2.75, 3.05) is 23.4 Å². The molecule has 0 fully saturated rings. The van der Waals surface area contributed by atoms with Crippen molar-refractivity contribution in [2.24, 2.45) is 0 Å². The van der Waals surface area contributed by atoms with Gasteiger partial charge >= 0.3 is 0 Å². The first kappa shape index (κ1) is 19.0. The van der Waals surface area contributed by atoms with Crippen molar-refractivity contribution in [3.63, 3.8) is 0 Å². The van der Waals surface area contributed by atoms with Crippen LogP contribution >= 0.6 is 11.6 Å². The molecule has 1 aliphatic rings. The van der Waals surface area contributed by atoms with Crippen LogP contribution in [0.3, 0.4) is 0 Å². The quantitative estimate of drug-likeness (QED) is 0.675. The fourth-order valence-corrected chi connectivity index (χ4v) is 3.48. The second kappa shape index (κ2) is 8.37. The highest BCUT2D eigenvalue weighted by Crippen LogP contribution is 2.29. The molecule has 1 aliphatic heterocycles. The maximum absolute atomic E-state index is 12.8. The summed E-state index contributed by atoms with van der Waals surface area (Å²) in [6.45, 7) is 0.545. The van der Waals surface area contributed by atoms with Gasteiger partial charge < -0.3 is 15.0 Å². The third-order valence-corrected chi connectivity index (χ3v) is 4.95. The van der Waals surface area contributed by atoms with Gasteiger partial charge in [0.15, 0.2) is 6.61 Å². The van der Waals surface area contributed by atoms with Crippen molar-refractivity contribution in [1.29, 1.82) is 0 Å². The number of nitrogens with zero attached hydrogens (tertiary/aromatic N) is 1. The summed E-state index contributed by atoms with van der Waals surface area (Å²) < 4.78 is 5.43. The van der Waals surface area contributed by atoms with E-state index in [0.717, 1.165) is 12.1 Å². The Balaban J connectivity index is 1.35. The van der Waals surface area contributed by atoms with Crippen molar-refractivity contribution in [2.45, 2.75) is 6.42 Å². The Labute approximate surface area is 173 Å². The molecule has 0 atom stereocenters. The van der Waals surface area contributed by atoms with E-state index in [0.29, 0.717) is 28.6 Å². The van der Waals surface area contributed by atoms with Crippen LogP contribution in [0.4, 0.5) is 11.4 Å². The van der Waals surface area contributed by atoms with Crippen molar-refractivity contribution in [3.8, 4) is 5.75 Å². The monoisotopic (exact) mass is 406 g/mol. The number of hydrogen-bond acceptors (Lipinski definition) is 3. The molecule has 0 bridgehead atoms. The molecule has 1 N–H and O–H groups in total. The highest BCUT2D eigenvalue weighted by atomic mass is 35.5. The van der Waals surface area contributed by atoms with E-state index in [4.69, 9.17) is 16.3 Å². The Hall–Kier alpha value is -3.31. The molecule has 0 aromatic heterocycles. The van der Waals surface area contributed by atoms with E-state index in [-0.39, 0.29) is 18.4 Å². The van der Waals surface area contributed by atoms with Gasteiger partial charge in [0.05, 0.1) is 0 Å². The lowest BCUT2D eigenvalue weighted by Crippen LogP contribution is -2.28. The molecule has 0 spiro atoms. The van der Waals surface area contributed by atoms with Gasteiger partial charge in [0.25, 0.3) is 11.8 Å². The number of carbonyl (C=O) groups excluding carboxylic acids is 2. The second-order valence-electron chi connectivity index (χ2n) is 6.71. The van der Waals surface area contributed by atoms with Gasteiger partial charge in [0.1, 0.15) is 5.75 Å². The van der Waals surface area contributed by atoms with Crippen LogP contribution in [0.15, 0.2) is 72.8 Å². The fraction of sp³-hybridized carbons (Fsp3) is 0.130. The van der Waals surface area contributed by atoms with Gasteiger partial charge in [0.2, 0.25) is 0 Å². The van der Waals surface area contributed by atoms with Gasteiger partial charge in [-0.2, -0.15) is 0 Å². The van der Waals surface area contributed by atoms with Crippen LogP contribution in [0.25, 0.3) is 0 Å². The molecule has 3 aromatic rings. The topological polar surface area (TPSA) is 58.6 Å².